The number of rotatable bonds is 5. The molecule has 1 atom stereocenters. The van der Waals surface area contributed by atoms with E-state index in [0.29, 0.717) is 12.2 Å². The minimum absolute atomic E-state index is 0.0206. The second kappa shape index (κ2) is 6.98. The molecule has 0 aliphatic rings. The molecule has 0 aromatic heterocycles. The van der Waals surface area contributed by atoms with Crippen molar-refractivity contribution >= 4 is 21.9 Å². The van der Waals surface area contributed by atoms with Crippen LogP contribution >= 0.6 is 10.0 Å². The number of carbonyl (C=O) groups is 2. The summed E-state index contributed by atoms with van der Waals surface area (Å²) in [6, 6.07) is 7.54. The Kier molecular flexibility index (Phi) is 5.84. The van der Waals surface area contributed by atoms with Gasteiger partial charge in [0.05, 0.1) is 11.9 Å². The number of carbonyl (C=O) groups excluding carboxylic acids is 2. The van der Waals surface area contributed by atoms with Crippen molar-refractivity contribution in [2.24, 2.45) is 0 Å². The summed E-state index contributed by atoms with van der Waals surface area (Å²) in [5.41, 5.74) is 0.655. The molecular weight excluding hydrogens is 286 g/mol. The van der Waals surface area contributed by atoms with Crippen LogP contribution in [0.1, 0.15) is 24.2 Å². The molecule has 0 N–H and O–H groups in total. The highest BCUT2D eigenvalue weighted by Crippen LogP contribution is 2.53. The van der Waals surface area contributed by atoms with Crippen LogP contribution < -0.4 is 0 Å². The van der Waals surface area contributed by atoms with Crippen molar-refractivity contribution < 1.29 is 14.3 Å². The van der Waals surface area contributed by atoms with Crippen LogP contribution in [0, 0.1) is 0 Å². The molecule has 5 heteroatoms. The van der Waals surface area contributed by atoms with Crippen LogP contribution in [0.2, 0.25) is 0 Å². The monoisotopic (exact) mass is 311 g/mol. The van der Waals surface area contributed by atoms with Gasteiger partial charge in [0.2, 0.25) is 0 Å². The minimum Gasteiger partial charge on any atom is -0.465 e. The first-order chi connectivity index (χ1) is 9.71. The second-order valence-electron chi connectivity index (χ2n) is 5.52. The predicted molar refractivity (Wildman–Crippen MR) is 88.3 cm³/mol. The number of hydrogen-bond donors (Lipinski definition) is 0. The van der Waals surface area contributed by atoms with Crippen molar-refractivity contribution in [3.05, 3.63) is 29.8 Å². The van der Waals surface area contributed by atoms with Gasteiger partial charge in [0.25, 0.3) is 5.91 Å². The van der Waals surface area contributed by atoms with Gasteiger partial charge in [-0.3, -0.25) is 9.59 Å². The molecule has 1 aromatic rings. The summed E-state index contributed by atoms with van der Waals surface area (Å²) in [7, 11) is 2.14. The van der Waals surface area contributed by atoms with Crippen LogP contribution in [0.4, 0.5) is 0 Å². The van der Waals surface area contributed by atoms with Crippen LogP contribution in [0.25, 0.3) is 0 Å². The highest BCUT2D eigenvalue weighted by molar-refractivity contribution is 8.33. The maximum atomic E-state index is 12.0. The number of benzene rings is 1. The molecule has 0 heterocycles. The third kappa shape index (κ3) is 4.00. The molecule has 0 fully saturated rings. The summed E-state index contributed by atoms with van der Waals surface area (Å²) < 4.78 is 5.13. The van der Waals surface area contributed by atoms with Crippen molar-refractivity contribution in [2.75, 3.05) is 33.2 Å². The summed E-state index contributed by atoms with van der Waals surface area (Å²) in [6.07, 6.45) is 4.19. The fraction of sp³-hybridized carbons (Fsp3) is 0.500. The molecule has 1 amide bonds. The smallest absolute Gasteiger partial charge is 0.317 e. The summed E-state index contributed by atoms with van der Waals surface area (Å²) in [5, 5.41) is -0.173. The van der Waals surface area contributed by atoms with Gasteiger partial charge in [-0.05, 0) is 55.5 Å². The summed E-state index contributed by atoms with van der Waals surface area (Å²) in [6.45, 7) is 4.12. The number of ether oxygens (including phenoxy) is 1. The molecule has 0 aliphatic heterocycles. The standard InChI is InChI=1S/C16H25NO3S/c1-7-20-16(19)12(2)21(5,6)14-10-8-13(9-11-14)15(18)17(3)4/h8-12H,7H2,1-6H3/t12-/m1/s1. The molecule has 0 spiro atoms. The average molecular weight is 311 g/mol. The molecule has 0 saturated carbocycles. The van der Waals surface area contributed by atoms with Gasteiger partial charge in [-0.1, -0.05) is 0 Å². The molecule has 0 saturated heterocycles. The predicted octanol–water partition coefficient (Wildman–Crippen LogP) is 2.76. The molecule has 1 rings (SSSR count). The molecule has 1 aromatic carbocycles. The van der Waals surface area contributed by atoms with Crippen molar-refractivity contribution in [1.29, 1.82) is 0 Å². The zero-order valence-corrected chi connectivity index (χ0v) is 14.5. The van der Waals surface area contributed by atoms with Gasteiger partial charge in [0, 0.05) is 19.7 Å². The van der Waals surface area contributed by atoms with E-state index in [-0.39, 0.29) is 17.1 Å². The molecule has 0 aliphatic carbocycles. The molecule has 21 heavy (non-hydrogen) atoms. The quantitative estimate of drug-likeness (QED) is 0.786. The number of amides is 1. The number of hydrogen-bond acceptors (Lipinski definition) is 3. The fourth-order valence-corrected chi connectivity index (χ4v) is 3.71. The van der Waals surface area contributed by atoms with Crippen LogP contribution in [0.15, 0.2) is 29.2 Å². The minimum atomic E-state index is -1.32. The van der Waals surface area contributed by atoms with Crippen molar-refractivity contribution in [1.82, 2.24) is 4.90 Å². The summed E-state index contributed by atoms with van der Waals surface area (Å²) in [4.78, 5) is 26.5. The molecule has 0 radical (unpaired) electrons. The molecule has 0 unspecified atom stereocenters. The third-order valence-corrected chi connectivity index (χ3v) is 7.06. The van der Waals surface area contributed by atoms with E-state index in [0.717, 1.165) is 4.90 Å². The highest BCUT2D eigenvalue weighted by Gasteiger charge is 2.29. The van der Waals surface area contributed by atoms with E-state index in [4.69, 9.17) is 4.74 Å². The topological polar surface area (TPSA) is 46.6 Å². The van der Waals surface area contributed by atoms with Crippen LogP contribution in [0.3, 0.4) is 0 Å². The maximum absolute atomic E-state index is 12.0. The third-order valence-electron chi connectivity index (χ3n) is 3.62. The molecule has 0 bridgehead atoms. The Morgan fingerprint density at radius 3 is 2.14 bits per heavy atom. The van der Waals surface area contributed by atoms with Crippen LogP contribution in [-0.2, 0) is 9.53 Å². The van der Waals surface area contributed by atoms with Crippen molar-refractivity contribution in [3.8, 4) is 0 Å². The average Bonchev–Trinajstić information content (AvgIpc) is 2.45. The van der Waals surface area contributed by atoms with E-state index >= 15 is 0 Å². The Morgan fingerprint density at radius 1 is 1.19 bits per heavy atom. The summed E-state index contributed by atoms with van der Waals surface area (Å²) in [5.74, 6) is -0.182. The first kappa shape index (κ1) is 17.6. The maximum Gasteiger partial charge on any atom is 0.317 e. The Hall–Kier alpha value is -1.49. The lowest BCUT2D eigenvalue weighted by atomic mass is 10.2. The molecule has 118 valence electrons. The van der Waals surface area contributed by atoms with Crippen LogP contribution in [0.5, 0.6) is 0 Å². The summed E-state index contributed by atoms with van der Waals surface area (Å²) >= 11 is 0. The normalized spacial score (nSPS) is 13.4. The first-order valence-electron chi connectivity index (χ1n) is 6.92. The highest BCUT2D eigenvalue weighted by atomic mass is 32.3. The lowest BCUT2D eigenvalue weighted by Gasteiger charge is -2.36. The van der Waals surface area contributed by atoms with E-state index in [1.165, 1.54) is 0 Å². The molecular formula is C16H25NO3S. The zero-order valence-electron chi connectivity index (χ0n) is 13.7. The van der Waals surface area contributed by atoms with E-state index in [1.807, 2.05) is 38.1 Å². The van der Waals surface area contributed by atoms with E-state index in [2.05, 4.69) is 12.5 Å². The Morgan fingerprint density at radius 2 is 1.71 bits per heavy atom. The second-order valence-corrected chi connectivity index (χ2v) is 9.51. The van der Waals surface area contributed by atoms with Gasteiger partial charge in [-0.25, -0.2) is 10.0 Å². The number of nitrogens with zero attached hydrogens (tertiary/aromatic N) is 1. The largest absolute Gasteiger partial charge is 0.465 e. The Labute approximate surface area is 128 Å². The lowest BCUT2D eigenvalue weighted by Crippen LogP contribution is -2.26. The van der Waals surface area contributed by atoms with Gasteiger partial charge in [0.15, 0.2) is 0 Å². The van der Waals surface area contributed by atoms with Gasteiger partial charge in [-0.15, -0.1) is 0 Å². The SMILES string of the molecule is CCOC(=O)[C@@H](C)S(C)(C)c1ccc(C(=O)N(C)C)cc1. The van der Waals surface area contributed by atoms with Gasteiger partial charge in [-0.2, -0.15) is 0 Å². The van der Waals surface area contributed by atoms with Crippen LogP contribution in [-0.4, -0.2) is 55.2 Å². The fourth-order valence-electron chi connectivity index (χ4n) is 1.91. The van der Waals surface area contributed by atoms with Crippen molar-refractivity contribution in [2.45, 2.75) is 24.0 Å². The molecule has 4 nitrogen and oxygen atoms in total. The lowest BCUT2D eigenvalue weighted by molar-refractivity contribution is -0.142. The Bertz CT molecular complexity index is 509. The van der Waals surface area contributed by atoms with Crippen molar-refractivity contribution in [3.63, 3.8) is 0 Å². The van der Waals surface area contributed by atoms with Gasteiger partial charge >= 0.3 is 5.97 Å². The van der Waals surface area contributed by atoms with E-state index in [1.54, 1.807) is 19.0 Å². The number of esters is 1. The van der Waals surface area contributed by atoms with E-state index < -0.39 is 10.0 Å². The zero-order chi connectivity index (χ0) is 16.2. The van der Waals surface area contributed by atoms with E-state index in [9.17, 15) is 9.59 Å². The van der Waals surface area contributed by atoms with Gasteiger partial charge < -0.3 is 9.64 Å². The van der Waals surface area contributed by atoms with Gasteiger partial charge in [0.1, 0.15) is 0 Å². The first-order valence-corrected chi connectivity index (χ1v) is 9.43. The Balaban J connectivity index is 2.99.